The average Bonchev–Trinajstić information content (AvgIpc) is 3.44. The second kappa shape index (κ2) is 8.27. The van der Waals surface area contributed by atoms with E-state index in [4.69, 9.17) is 23.2 Å². The zero-order chi connectivity index (χ0) is 19.7. The summed E-state index contributed by atoms with van der Waals surface area (Å²) in [7, 11) is 1.83. The van der Waals surface area contributed by atoms with E-state index in [-0.39, 0.29) is 5.82 Å². The van der Waals surface area contributed by atoms with Crippen molar-refractivity contribution in [3.05, 3.63) is 51.8 Å². The number of para-hydroxylation sites is 1. The summed E-state index contributed by atoms with van der Waals surface area (Å²) in [5.41, 5.74) is 2.65. The molecule has 1 aromatic heterocycles. The van der Waals surface area contributed by atoms with Crippen LogP contribution in [0.2, 0.25) is 10.0 Å². The molecule has 1 fully saturated rings. The van der Waals surface area contributed by atoms with Crippen LogP contribution in [-0.2, 0) is 13.6 Å². The number of halogens is 3. The standard InChI is InChI=1S/C21H23Cl2FN4/c1-28-19-11-17(24)14(12-25-9-3-4-13-7-8-13)10-18(19)26-21(28)27-20-15(22)5-2-6-16(20)23/h2,5-6,10-11,13,25H,3-4,7-9,12H2,1H3,(H,26,27). The van der Waals surface area contributed by atoms with Crippen LogP contribution in [-0.4, -0.2) is 16.1 Å². The first kappa shape index (κ1) is 19.5. The highest BCUT2D eigenvalue weighted by Gasteiger charge is 2.20. The fourth-order valence-corrected chi connectivity index (χ4v) is 3.87. The Morgan fingerprint density at radius 1 is 1.21 bits per heavy atom. The molecule has 0 spiro atoms. The van der Waals surface area contributed by atoms with Crippen molar-refractivity contribution in [3.8, 4) is 0 Å². The first-order chi connectivity index (χ1) is 13.5. The van der Waals surface area contributed by atoms with E-state index in [2.05, 4.69) is 15.6 Å². The molecule has 2 N–H and O–H groups in total. The molecule has 2 aromatic carbocycles. The summed E-state index contributed by atoms with van der Waals surface area (Å²) >= 11 is 12.5. The number of hydrogen-bond donors (Lipinski definition) is 2. The van der Waals surface area contributed by atoms with E-state index in [0.717, 1.165) is 24.4 Å². The van der Waals surface area contributed by atoms with Crippen LogP contribution < -0.4 is 10.6 Å². The van der Waals surface area contributed by atoms with E-state index in [1.54, 1.807) is 28.8 Å². The summed E-state index contributed by atoms with van der Waals surface area (Å²) in [6.07, 6.45) is 5.17. The number of aromatic nitrogens is 2. The highest BCUT2D eigenvalue weighted by Crippen LogP contribution is 2.34. The van der Waals surface area contributed by atoms with Gasteiger partial charge in [-0.3, -0.25) is 0 Å². The van der Waals surface area contributed by atoms with Gasteiger partial charge in [-0.2, -0.15) is 0 Å². The number of rotatable bonds is 8. The quantitative estimate of drug-likeness (QED) is 0.436. The molecule has 4 nitrogen and oxygen atoms in total. The summed E-state index contributed by atoms with van der Waals surface area (Å²) in [5, 5.41) is 7.51. The number of benzene rings is 2. The zero-order valence-electron chi connectivity index (χ0n) is 15.7. The summed E-state index contributed by atoms with van der Waals surface area (Å²) in [6, 6.07) is 8.63. The molecule has 1 saturated carbocycles. The van der Waals surface area contributed by atoms with Gasteiger partial charge in [0.25, 0.3) is 0 Å². The number of aryl methyl sites for hydroxylation is 1. The lowest BCUT2D eigenvalue weighted by Crippen LogP contribution is -2.15. The molecule has 7 heteroatoms. The van der Waals surface area contributed by atoms with Crippen molar-refractivity contribution >= 4 is 45.9 Å². The minimum Gasteiger partial charge on any atom is -0.323 e. The van der Waals surface area contributed by atoms with Gasteiger partial charge in [-0.15, -0.1) is 0 Å². The van der Waals surface area contributed by atoms with Crippen LogP contribution >= 0.6 is 23.2 Å². The molecule has 0 unspecified atom stereocenters. The Morgan fingerprint density at radius 3 is 2.68 bits per heavy atom. The van der Waals surface area contributed by atoms with Crippen molar-refractivity contribution < 1.29 is 4.39 Å². The van der Waals surface area contributed by atoms with Crippen molar-refractivity contribution in [1.82, 2.24) is 14.9 Å². The van der Waals surface area contributed by atoms with Crippen LogP contribution in [0.5, 0.6) is 0 Å². The van der Waals surface area contributed by atoms with Crippen LogP contribution in [0.1, 0.15) is 31.2 Å². The Balaban J connectivity index is 1.51. The Hall–Kier alpha value is -1.82. The number of imidazole rings is 1. The Kier molecular flexibility index (Phi) is 5.76. The Morgan fingerprint density at radius 2 is 1.96 bits per heavy atom. The van der Waals surface area contributed by atoms with Crippen LogP contribution in [0.15, 0.2) is 30.3 Å². The molecule has 4 rings (SSSR count). The monoisotopic (exact) mass is 420 g/mol. The molecule has 0 bridgehead atoms. The molecule has 0 amide bonds. The summed E-state index contributed by atoms with van der Waals surface area (Å²) in [4.78, 5) is 4.61. The summed E-state index contributed by atoms with van der Waals surface area (Å²) in [6.45, 7) is 1.41. The fraction of sp³-hybridized carbons (Fsp3) is 0.381. The van der Waals surface area contributed by atoms with Gasteiger partial charge in [0, 0.05) is 25.2 Å². The minimum atomic E-state index is -0.229. The van der Waals surface area contributed by atoms with Gasteiger partial charge in [0.15, 0.2) is 0 Å². The Bertz CT molecular complexity index is 977. The van der Waals surface area contributed by atoms with Crippen molar-refractivity contribution in [2.24, 2.45) is 13.0 Å². The van der Waals surface area contributed by atoms with Crippen molar-refractivity contribution in [1.29, 1.82) is 0 Å². The molecule has 28 heavy (non-hydrogen) atoms. The van der Waals surface area contributed by atoms with Crippen LogP contribution in [0.4, 0.5) is 16.0 Å². The van der Waals surface area contributed by atoms with Crippen LogP contribution in [0.25, 0.3) is 11.0 Å². The molecule has 1 aliphatic rings. The molecule has 0 atom stereocenters. The third-order valence-corrected chi connectivity index (χ3v) is 5.86. The third kappa shape index (κ3) is 4.27. The molecule has 3 aromatic rings. The normalized spacial score (nSPS) is 14.0. The minimum absolute atomic E-state index is 0.229. The molecule has 0 aliphatic heterocycles. The predicted octanol–water partition coefficient (Wildman–Crippen LogP) is 6.04. The molecular formula is C21H23Cl2FN4. The van der Waals surface area contributed by atoms with Crippen LogP contribution in [0, 0.1) is 11.7 Å². The Labute approximate surface area is 174 Å². The topological polar surface area (TPSA) is 41.9 Å². The van der Waals surface area contributed by atoms with E-state index >= 15 is 0 Å². The van der Waals surface area contributed by atoms with E-state index in [1.807, 2.05) is 7.05 Å². The summed E-state index contributed by atoms with van der Waals surface area (Å²) < 4.78 is 16.4. The lowest BCUT2D eigenvalue weighted by atomic mass is 10.1. The lowest BCUT2D eigenvalue weighted by molar-refractivity contribution is 0.565. The molecule has 1 aliphatic carbocycles. The van der Waals surface area contributed by atoms with Crippen LogP contribution in [0.3, 0.4) is 0 Å². The SMILES string of the molecule is Cn1c(Nc2c(Cl)cccc2Cl)nc2cc(CNCCCC3CC3)c(F)cc21. The highest BCUT2D eigenvalue weighted by atomic mass is 35.5. The zero-order valence-corrected chi connectivity index (χ0v) is 17.2. The van der Waals surface area contributed by atoms with E-state index < -0.39 is 0 Å². The van der Waals surface area contributed by atoms with Crippen molar-refractivity contribution in [3.63, 3.8) is 0 Å². The number of anilines is 2. The van der Waals surface area contributed by atoms with Gasteiger partial charge in [0.1, 0.15) is 5.82 Å². The van der Waals surface area contributed by atoms with Gasteiger partial charge in [-0.05, 0) is 43.5 Å². The van der Waals surface area contributed by atoms with Gasteiger partial charge in [-0.1, -0.05) is 42.1 Å². The van der Waals surface area contributed by atoms with E-state index in [1.165, 1.54) is 25.3 Å². The third-order valence-electron chi connectivity index (χ3n) is 5.23. The van der Waals surface area contributed by atoms with E-state index in [0.29, 0.717) is 39.3 Å². The molecule has 0 saturated heterocycles. The molecule has 1 heterocycles. The number of nitrogens with one attached hydrogen (secondary N) is 2. The first-order valence-corrected chi connectivity index (χ1v) is 10.3. The molecule has 0 radical (unpaired) electrons. The number of hydrogen-bond acceptors (Lipinski definition) is 3. The second-order valence-electron chi connectivity index (χ2n) is 7.41. The van der Waals surface area contributed by atoms with Gasteiger partial charge < -0.3 is 15.2 Å². The van der Waals surface area contributed by atoms with Gasteiger partial charge in [0.2, 0.25) is 5.95 Å². The predicted molar refractivity (Wildman–Crippen MR) is 114 cm³/mol. The number of fused-ring (bicyclic) bond motifs is 1. The fourth-order valence-electron chi connectivity index (χ4n) is 3.38. The maximum atomic E-state index is 14.6. The van der Waals surface area contributed by atoms with Gasteiger partial charge in [-0.25, -0.2) is 9.37 Å². The lowest BCUT2D eigenvalue weighted by Gasteiger charge is -2.09. The molecule has 148 valence electrons. The highest BCUT2D eigenvalue weighted by molar-refractivity contribution is 6.39. The van der Waals surface area contributed by atoms with Crippen molar-refractivity contribution in [2.75, 3.05) is 11.9 Å². The second-order valence-corrected chi connectivity index (χ2v) is 8.23. The molecular weight excluding hydrogens is 398 g/mol. The van der Waals surface area contributed by atoms with Crippen molar-refractivity contribution in [2.45, 2.75) is 32.2 Å². The number of nitrogens with zero attached hydrogens (tertiary/aromatic N) is 2. The maximum Gasteiger partial charge on any atom is 0.208 e. The average molecular weight is 421 g/mol. The largest absolute Gasteiger partial charge is 0.323 e. The maximum absolute atomic E-state index is 14.6. The van der Waals surface area contributed by atoms with E-state index in [9.17, 15) is 4.39 Å². The smallest absolute Gasteiger partial charge is 0.208 e. The summed E-state index contributed by atoms with van der Waals surface area (Å²) in [5.74, 6) is 1.26. The van der Waals surface area contributed by atoms with Gasteiger partial charge in [0.05, 0.1) is 26.8 Å². The first-order valence-electron chi connectivity index (χ1n) is 9.59. The van der Waals surface area contributed by atoms with Gasteiger partial charge >= 0.3 is 0 Å².